The molecule has 3 N–H and O–H groups in total. The van der Waals surface area contributed by atoms with Crippen LogP contribution in [0.25, 0.3) is 0 Å². The maximum absolute atomic E-state index is 11.6. The second-order valence-electron chi connectivity index (χ2n) is 4.39. The number of carboxylic acid groups (broad SMARTS) is 1. The second-order valence-corrected chi connectivity index (χ2v) is 5.71. The number of carbonyl (C=O) groups is 2. The zero-order valence-corrected chi connectivity index (χ0v) is 12.1. The molecule has 1 heterocycles. The normalized spacial score (nSPS) is 13.6. The van der Waals surface area contributed by atoms with Gasteiger partial charge in [-0.25, -0.2) is 14.6 Å². The number of carboxylic acids is 1. The fourth-order valence-electron chi connectivity index (χ4n) is 1.51. The Balaban J connectivity index is 2.46. The SMILES string of the molecule is CC[C@H](C)[C@H](NC(=O)NCc1ncc(C)s1)C(=O)O. The standard InChI is InChI=1S/C12H19N3O3S/c1-4-7(2)10(11(16)17)15-12(18)14-6-9-13-5-8(3)19-9/h5,7,10H,4,6H2,1-3H3,(H,16,17)(H2,14,15,18)/t7-,10-/m0/s1. The zero-order valence-electron chi connectivity index (χ0n) is 11.3. The average Bonchev–Trinajstić information content (AvgIpc) is 2.78. The fourth-order valence-corrected chi connectivity index (χ4v) is 2.24. The van der Waals surface area contributed by atoms with Crippen LogP contribution in [-0.2, 0) is 11.3 Å². The van der Waals surface area contributed by atoms with Gasteiger partial charge in [0, 0.05) is 11.1 Å². The molecule has 1 rings (SSSR count). The molecule has 0 aromatic carbocycles. The fraction of sp³-hybridized carbons (Fsp3) is 0.583. The molecule has 106 valence electrons. The predicted molar refractivity (Wildman–Crippen MR) is 73.1 cm³/mol. The van der Waals surface area contributed by atoms with Crippen molar-refractivity contribution in [2.75, 3.05) is 0 Å². The van der Waals surface area contributed by atoms with Gasteiger partial charge in [-0.05, 0) is 12.8 Å². The van der Waals surface area contributed by atoms with Crippen molar-refractivity contribution in [3.05, 3.63) is 16.1 Å². The van der Waals surface area contributed by atoms with Gasteiger partial charge in [-0.1, -0.05) is 20.3 Å². The summed E-state index contributed by atoms with van der Waals surface area (Å²) in [6, 6.07) is -1.36. The summed E-state index contributed by atoms with van der Waals surface area (Å²) >= 11 is 1.50. The molecule has 19 heavy (non-hydrogen) atoms. The Kier molecular flexibility index (Phi) is 5.75. The minimum Gasteiger partial charge on any atom is -0.480 e. The van der Waals surface area contributed by atoms with E-state index in [0.717, 1.165) is 9.88 Å². The number of aliphatic carboxylic acids is 1. The lowest BCUT2D eigenvalue weighted by Crippen LogP contribution is -2.48. The lowest BCUT2D eigenvalue weighted by Gasteiger charge is -2.20. The first-order chi connectivity index (χ1) is 8.93. The number of hydrogen-bond donors (Lipinski definition) is 3. The Morgan fingerprint density at radius 1 is 1.53 bits per heavy atom. The van der Waals surface area contributed by atoms with Gasteiger partial charge in [-0.15, -0.1) is 11.3 Å². The number of urea groups is 1. The largest absolute Gasteiger partial charge is 0.480 e. The predicted octanol–water partition coefficient (Wildman–Crippen LogP) is 1.75. The number of rotatable bonds is 6. The summed E-state index contributed by atoms with van der Waals surface area (Å²) in [6.45, 7) is 5.92. The van der Waals surface area contributed by atoms with Crippen molar-refractivity contribution >= 4 is 23.3 Å². The molecule has 2 atom stereocenters. The summed E-state index contributed by atoms with van der Waals surface area (Å²) in [4.78, 5) is 27.9. The molecule has 1 aromatic heterocycles. The molecule has 0 aliphatic carbocycles. The Morgan fingerprint density at radius 3 is 2.68 bits per heavy atom. The van der Waals surface area contributed by atoms with E-state index in [1.165, 1.54) is 11.3 Å². The zero-order chi connectivity index (χ0) is 14.4. The van der Waals surface area contributed by atoms with Crippen LogP contribution in [0.15, 0.2) is 6.20 Å². The van der Waals surface area contributed by atoms with Crippen molar-refractivity contribution in [2.24, 2.45) is 5.92 Å². The van der Waals surface area contributed by atoms with E-state index in [4.69, 9.17) is 5.11 Å². The number of nitrogens with zero attached hydrogens (tertiary/aromatic N) is 1. The Hall–Kier alpha value is -1.63. The number of carbonyl (C=O) groups excluding carboxylic acids is 1. The van der Waals surface area contributed by atoms with Crippen LogP contribution in [0.5, 0.6) is 0 Å². The summed E-state index contributed by atoms with van der Waals surface area (Å²) in [5.41, 5.74) is 0. The van der Waals surface area contributed by atoms with Crippen molar-refractivity contribution in [1.29, 1.82) is 0 Å². The van der Waals surface area contributed by atoms with Gasteiger partial charge in [0.1, 0.15) is 11.0 Å². The Morgan fingerprint density at radius 2 is 2.21 bits per heavy atom. The molecule has 7 heteroatoms. The number of nitrogens with one attached hydrogen (secondary N) is 2. The van der Waals surface area contributed by atoms with Crippen molar-refractivity contribution in [1.82, 2.24) is 15.6 Å². The van der Waals surface area contributed by atoms with Gasteiger partial charge < -0.3 is 15.7 Å². The maximum Gasteiger partial charge on any atom is 0.326 e. The molecule has 0 saturated heterocycles. The van der Waals surface area contributed by atoms with Gasteiger partial charge in [0.2, 0.25) is 0 Å². The summed E-state index contributed by atoms with van der Waals surface area (Å²) in [7, 11) is 0. The van der Waals surface area contributed by atoms with Crippen LogP contribution in [0, 0.1) is 12.8 Å². The summed E-state index contributed by atoms with van der Waals surface area (Å²) < 4.78 is 0. The first-order valence-corrected chi connectivity index (χ1v) is 6.94. The number of aryl methyl sites for hydroxylation is 1. The van der Waals surface area contributed by atoms with Crippen LogP contribution in [0.2, 0.25) is 0 Å². The summed E-state index contributed by atoms with van der Waals surface area (Å²) in [5, 5.41) is 14.9. The van der Waals surface area contributed by atoms with E-state index in [1.54, 1.807) is 13.1 Å². The molecule has 2 amide bonds. The lowest BCUT2D eigenvalue weighted by atomic mass is 9.99. The van der Waals surface area contributed by atoms with E-state index in [0.29, 0.717) is 13.0 Å². The second kappa shape index (κ2) is 7.08. The highest BCUT2D eigenvalue weighted by atomic mass is 32.1. The monoisotopic (exact) mass is 285 g/mol. The van der Waals surface area contributed by atoms with Crippen LogP contribution in [-0.4, -0.2) is 28.1 Å². The van der Waals surface area contributed by atoms with Crippen LogP contribution in [0.1, 0.15) is 30.2 Å². The molecule has 0 aliphatic heterocycles. The van der Waals surface area contributed by atoms with Gasteiger partial charge in [0.05, 0.1) is 6.54 Å². The number of hydrogen-bond acceptors (Lipinski definition) is 4. The van der Waals surface area contributed by atoms with Gasteiger partial charge in [-0.2, -0.15) is 0 Å². The lowest BCUT2D eigenvalue weighted by molar-refractivity contribution is -0.140. The van der Waals surface area contributed by atoms with E-state index >= 15 is 0 Å². The van der Waals surface area contributed by atoms with Gasteiger partial charge in [0.15, 0.2) is 0 Å². The van der Waals surface area contributed by atoms with E-state index in [1.807, 2.05) is 13.8 Å². The van der Waals surface area contributed by atoms with E-state index in [2.05, 4.69) is 15.6 Å². The van der Waals surface area contributed by atoms with Crippen molar-refractivity contribution < 1.29 is 14.7 Å². The molecule has 0 saturated carbocycles. The summed E-state index contributed by atoms with van der Waals surface area (Å²) in [6.07, 6.45) is 2.42. The first-order valence-electron chi connectivity index (χ1n) is 6.12. The smallest absolute Gasteiger partial charge is 0.326 e. The molecular formula is C12H19N3O3S. The molecule has 0 radical (unpaired) electrons. The Bertz CT molecular complexity index is 447. The minimum atomic E-state index is -1.02. The molecule has 0 fully saturated rings. The van der Waals surface area contributed by atoms with Crippen molar-refractivity contribution in [2.45, 2.75) is 39.8 Å². The van der Waals surface area contributed by atoms with Gasteiger partial charge >= 0.3 is 12.0 Å². The molecular weight excluding hydrogens is 266 g/mol. The number of thiazole rings is 1. The van der Waals surface area contributed by atoms with Crippen LogP contribution >= 0.6 is 11.3 Å². The van der Waals surface area contributed by atoms with Crippen LogP contribution in [0.4, 0.5) is 4.79 Å². The quantitative estimate of drug-likeness (QED) is 0.742. The highest BCUT2D eigenvalue weighted by Crippen LogP contribution is 2.11. The molecule has 0 unspecified atom stereocenters. The topological polar surface area (TPSA) is 91.3 Å². The number of amides is 2. The minimum absolute atomic E-state index is 0.120. The third kappa shape index (κ3) is 4.86. The van der Waals surface area contributed by atoms with Gasteiger partial charge in [0.25, 0.3) is 0 Å². The molecule has 6 nitrogen and oxygen atoms in total. The van der Waals surface area contributed by atoms with E-state index in [9.17, 15) is 9.59 Å². The highest BCUT2D eigenvalue weighted by molar-refractivity contribution is 7.11. The molecule has 0 spiro atoms. The molecule has 0 bridgehead atoms. The highest BCUT2D eigenvalue weighted by Gasteiger charge is 2.25. The van der Waals surface area contributed by atoms with Crippen molar-refractivity contribution in [3.8, 4) is 0 Å². The molecule has 1 aromatic rings. The van der Waals surface area contributed by atoms with Crippen LogP contribution in [0.3, 0.4) is 0 Å². The van der Waals surface area contributed by atoms with Crippen LogP contribution < -0.4 is 10.6 Å². The van der Waals surface area contributed by atoms with E-state index < -0.39 is 18.0 Å². The maximum atomic E-state index is 11.6. The molecule has 0 aliphatic rings. The van der Waals surface area contributed by atoms with Gasteiger partial charge in [-0.3, -0.25) is 0 Å². The summed E-state index contributed by atoms with van der Waals surface area (Å²) in [5.74, 6) is -1.14. The number of aromatic nitrogens is 1. The van der Waals surface area contributed by atoms with Crippen molar-refractivity contribution in [3.63, 3.8) is 0 Å². The third-order valence-corrected chi connectivity index (χ3v) is 3.75. The Labute approximate surface area is 116 Å². The first kappa shape index (κ1) is 15.4. The third-order valence-electron chi connectivity index (χ3n) is 2.83. The van der Waals surface area contributed by atoms with E-state index in [-0.39, 0.29) is 5.92 Å². The average molecular weight is 285 g/mol.